The molecule has 0 aromatic carbocycles. The van der Waals surface area contributed by atoms with Gasteiger partial charge in [-0.3, -0.25) is 4.79 Å². The minimum absolute atomic E-state index is 0.0661. The van der Waals surface area contributed by atoms with Crippen LogP contribution in [0.15, 0.2) is 0 Å². The molecule has 2 rings (SSSR count). The summed E-state index contributed by atoms with van der Waals surface area (Å²) in [6, 6.07) is 0.186. The maximum Gasteiger partial charge on any atom is 0.226 e. The van der Waals surface area contributed by atoms with Gasteiger partial charge in [-0.1, -0.05) is 6.92 Å². The van der Waals surface area contributed by atoms with Crippen molar-refractivity contribution < 1.29 is 14.6 Å². The van der Waals surface area contributed by atoms with Crippen LogP contribution in [0.25, 0.3) is 0 Å². The molecule has 116 valence electrons. The van der Waals surface area contributed by atoms with E-state index in [9.17, 15) is 4.79 Å². The molecule has 1 aliphatic heterocycles. The van der Waals surface area contributed by atoms with Crippen molar-refractivity contribution in [3.05, 3.63) is 0 Å². The van der Waals surface area contributed by atoms with Gasteiger partial charge in [0.25, 0.3) is 0 Å². The molecular formula is C15H28N2O3. The van der Waals surface area contributed by atoms with Crippen molar-refractivity contribution in [3.63, 3.8) is 0 Å². The lowest BCUT2D eigenvalue weighted by Crippen LogP contribution is -2.47. The molecule has 0 aromatic heterocycles. The molecule has 3 N–H and O–H groups in total. The number of carbonyl (C=O) groups is 1. The smallest absolute Gasteiger partial charge is 0.226 e. The number of nitrogens with two attached hydrogens (primary N) is 1. The van der Waals surface area contributed by atoms with Crippen molar-refractivity contribution in [1.82, 2.24) is 4.90 Å². The highest BCUT2D eigenvalue weighted by atomic mass is 16.5. The minimum Gasteiger partial charge on any atom is -0.394 e. The lowest BCUT2D eigenvalue weighted by molar-refractivity contribution is -0.141. The molecule has 0 aromatic rings. The summed E-state index contributed by atoms with van der Waals surface area (Å²) in [5.74, 6) is 0.840. The molecule has 1 heterocycles. The Balaban J connectivity index is 1.82. The number of ether oxygens (including phenoxy) is 1. The maximum absolute atomic E-state index is 12.6. The molecule has 2 aliphatic rings. The SMILES string of the molecule is CC1CCC(N)CC1C(=O)N1CCC(OCCO)CC1. The minimum atomic E-state index is 0.0661. The second-order valence-electron chi connectivity index (χ2n) is 6.28. The molecule has 5 heteroatoms. The van der Waals surface area contributed by atoms with Crippen molar-refractivity contribution in [1.29, 1.82) is 0 Å². The summed E-state index contributed by atoms with van der Waals surface area (Å²) in [7, 11) is 0. The van der Waals surface area contributed by atoms with Crippen molar-refractivity contribution in [3.8, 4) is 0 Å². The number of rotatable bonds is 4. The van der Waals surface area contributed by atoms with E-state index in [-0.39, 0.29) is 30.6 Å². The second-order valence-corrected chi connectivity index (χ2v) is 6.28. The zero-order chi connectivity index (χ0) is 14.5. The highest BCUT2D eigenvalue weighted by Crippen LogP contribution is 2.31. The van der Waals surface area contributed by atoms with Crippen molar-refractivity contribution in [2.45, 2.75) is 51.2 Å². The zero-order valence-corrected chi connectivity index (χ0v) is 12.5. The van der Waals surface area contributed by atoms with E-state index in [4.69, 9.17) is 15.6 Å². The molecule has 1 saturated carbocycles. The number of aliphatic hydroxyl groups is 1. The van der Waals surface area contributed by atoms with E-state index in [0.29, 0.717) is 12.5 Å². The van der Waals surface area contributed by atoms with Gasteiger partial charge < -0.3 is 20.5 Å². The predicted octanol–water partition coefficient (Wildman–Crippen LogP) is 0.750. The lowest BCUT2D eigenvalue weighted by Gasteiger charge is -2.38. The summed E-state index contributed by atoms with van der Waals surface area (Å²) in [6.45, 7) is 4.18. The van der Waals surface area contributed by atoms with Crippen LogP contribution in [0.2, 0.25) is 0 Å². The Kier molecular flexibility index (Phi) is 5.81. The number of aliphatic hydroxyl groups excluding tert-OH is 1. The summed E-state index contributed by atoms with van der Waals surface area (Å²) in [5.41, 5.74) is 6.02. The molecule has 3 atom stereocenters. The molecule has 20 heavy (non-hydrogen) atoms. The molecule has 0 bridgehead atoms. The van der Waals surface area contributed by atoms with Crippen LogP contribution in [-0.2, 0) is 9.53 Å². The Bertz CT molecular complexity index is 316. The third-order valence-electron chi connectivity index (χ3n) is 4.75. The van der Waals surface area contributed by atoms with Gasteiger partial charge in [-0.2, -0.15) is 0 Å². The van der Waals surface area contributed by atoms with Crippen LogP contribution in [-0.4, -0.2) is 54.4 Å². The Hall–Kier alpha value is -0.650. The Labute approximate surface area is 121 Å². The van der Waals surface area contributed by atoms with E-state index in [1.54, 1.807) is 0 Å². The van der Waals surface area contributed by atoms with Crippen molar-refractivity contribution in [2.24, 2.45) is 17.6 Å². The molecule has 1 saturated heterocycles. The van der Waals surface area contributed by atoms with E-state index >= 15 is 0 Å². The summed E-state index contributed by atoms with van der Waals surface area (Å²) in [6.07, 6.45) is 4.88. The number of carbonyl (C=O) groups excluding carboxylic acids is 1. The Morgan fingerprint density at radius 2 is 2.00 bits per heavy atom. The van der Waals surface area contributed by atoms with Crippen molar-refractivity contribution in [2.75, 3.05) is 26.3 Å². The van der Waals surface area contributed by atoms with Gasteiger partial charge in [0.05, 0.1) is 19.3 Å². The second kappa shape index (κ2) is 7.38. The average molecular weight is 284 g/mol. The lowest BCUT2D eigenvalue weighted by atomic mass is 9.77. The first-order valence-electron chi connectivity index (χ1n) is 7.88. The third kappa shape index (κ3) is 3.93. The quantitative estimate of drug-likeness (QED) is 0.799. The third-order valence-corrected chi connectivity index (χ3v) is 4.75. The number of hydrogen-bond acceptors (Lipinski definition) is 4. The van der Waals surface area contributed by atoms with Crippen molar-refractivity contribution >= 4 is 5.91 Å². The van der Waals surface area contributed by atoms with E-state index in [2.05, 4.69) is 6.92 Å². The standard InChI is InChI=1S/C15H28N2O3/c1-11-2-3-12(16)10-14(11)15(19)17-6-4-13(5-7-17)20-9-8-18/h11-14,18H,2-10,16H2,1H3. The van der Waals surface area contributed by atoms with Gasteiger partial charge in [-0.25, -0.2) is 0 Å². The van der Waals surface area contributed by atoms with E-state index < -0.39 is 0 Å². The first-order chi connectivity index (χ1) is 9.61. The first kappa shape index (κ1) is 15.7. The van der Waals surface area contributed by atoms with Gasteiger partial charge in [0, 0.05) is 25.0 Å². The van der Waals surface area contributed by atoms with Crippen LogP contribution < -0.4 is 5.73 Å². The maximum atomic E-state index is 12.6. The van der Waals surface area contributed by atoms with Crippen LogP contribution in [0.4, 0.5) is 0 Å². The van der Waals surface area contributed by atoms with Crippen LogP contribution in [0.3, 0.4) is 0 Å². The number of likely N-dealkylation sites (tertiary alicyclic amines) is 1. The molecule has 0 radical (unpaired) electrons. The normalized spacial score (nSPS) is 32.4. The number of amides is 1. The van der Waals surface area contributed by atoms with Crippen LogP contribution >= 0.6 is 0 Å². The van der Waals surface area contributed by atoms with Crippen LogP contribution in [0.1, 0.15) is 39.0 Å². The number of piperidine rings is 1. The van der Waals surface area contributed by atoms with Gasteiger partial charge in [0.15, 0.2) is 0 Å². The monoisotopic (exact) mass is 284 g/mol. The molecule has 3 unspecified atom stereocenters. The Morgan fingerprint density at radius 3 is 2.65 bits per heavy atom. The van der Waals surface area contributed by atoms with Crippen LogP contribution in [0.5, 0.6) is 0 Å². The molecule has 1 aliphatic carbocycles. The highest BCUT2D eigenvalue weighted by Gasteiger charge is 2.35. The number of hydrogen-bond donors (Lipinski definition) is 2. The predicted molar refractivity (Wildman–Crippen MR) is 77.1 cm³/mol. The topological polar surface area (TPSA) is 75.8 Å². The first-order valence-corrected chi connectivity index (χ1v) is 7.88. The molecular weight excluding hydrogens is 256 g/mol. The molecule has 5 nitrogen and oxygen atoms in total. The Morgan fingerprint density at radius 1 is 1.30 bits per heavy atom. The fraction of sp³-hybridized carbons (Fsp3) is 0.933. The van der Waals surface area contributed by atoms with E-state index in [1.807, 2.05) is 4.90 Å². The fourth-order valence-electron chi connectivity index (χ4n) is 3.40. The van der Waals surface area contributed by atoms with Gasteiger partial charge >= 0.3 is 0 Å². The molecule has 0 spiro atoms. The van der Waals surface area contributed by atoms with Gasteiger partial charge in [0.1, 0.15) is 0 Å². The van der Waals surface area contributed by atoms with Crippen LogP contribution in [0, 0.1) is 11.8 Å². The molecule has 1 amide bonds. The fourth-order valence-corrected chi connectivity index (χ4v) is 3.40. The molecule has 2 fully saturated rings. The summed E-state index contributed by atoms with van der Waals surface area (Å²) in [5, 5.41) is 8.76. The van der Waals surface area contributed by atoms with Gasteiger partial charge in [-0.05, 0) is 38.0 Å². The summed E-state index contributed by atoms with van der Waals surface area (Å²) < 4.78 is 5.54. The van der Waals surface area contributed by atoms with E-state index in [0.717, 1.165) is 45.2 Å². The highest BCUT2D eigenvalue weighted by molar-refractivity contribution is 5.79. The van der Waals surface area contributed by atoms with E-state index in [1.165, 1.54) is 0 Å². The summed E-state index contributed by atoms with van der Waals surface area (Å²) in [4.78, 5) is 14.6. The average Bonchev–Trinajstić information content (AvgIpc) is 2.47. The largest absolute Gasteiger partial charge is 0.394 e. The van der Waals surface area contributed by atoms with Gasteiger partial charge in [0.2, 0.25) is 5.91 Å². The van der Waals surface area contributed by atoms with Gasteiger partial charge in [-0.15, -0.1) is 0 Å². The summed E-state index contributed by atoms with van der Waals surface area (Å²) >= 11 is 0. The zero-order valence-electron chi connectivity index (χ0n) is 12.5. The number of nitrogens with zero attached hydrogens (tertiary/aromatic N) is 1.